The van der Waals surface area contributed by atoms with E-state index in [4.69, 9.17) is 0 Å². The van der Waals surface area contributed by atoms with E-state index in [1.165, 1.54) is 17.0 Å². The Balaban J connectivity index is 1.90. The van der Waals surface area contributed by atoms with E-state index in [-0.39, 0.29) is 40.3 Å². The van der Waals surface area contributed by atoms with Crippen LogP contribution in [-0.4, -0.2) is 35.0 Å². The third-order valence-electron chi connectivity index (χ3n) is 4.66. The molecule has 2 aromatic carbocycles. The largest absolute Gasteiger partial charge is 0.505 e. The quantitative estimate of drug-likeness (QED) is 0.417. The van der Waals surface area contributed by atoms with Gasteiger partial charge in [-0.25, -0.2) is 0 Å². The van der Waals surface area contributed by atoms with Crippen LogP contribution in [-0.2, 0) is 0 Å². The molecule has 29 heavy (non-hydrogen) atoms. The molecule has 8 nitrogen and oxygen atoms in total. The molecule has 0 unspecified atom stereocenters. The number of phenolic OH excluding ortho intramolecular Hbond substituents is 1. The summed E-state index contributed by atoms with van der Waals surface area (Å²) in [4.78, 5) is 41.9. The minimum absolute atomic E-state index is 0.0575. The van der Waals surface area contributed by atoms with Crippen LogP contribution >= 0.6 is 0 Å². The van der Waals surface area contributed by atoms with Gasteiger partial charge in [-0.3, -0.25) is 19.4 Å². The minimum Gasteiger partial charge on any atom is -0.505 e. The van der Waals surface area contributed by atoms with Crippen molar-refractivity contribution in [3.8, 4) is 5.75 Å². The van der Waals surface area contributed by atoms with E-state index < -0.39 is 10.9 Å². The van der Waals surface area contributed by atoms with Crippen molar-refractivity contribution < 1.29 is 9.90 Å². The molecule has 1 heterocycles. The number of rotatable bonds is 7. The van der Waals surface area contributed by atoms with Gasteiger partial charge in [-0.15, -0.1) is 0 Å². The summed E-state index contributed by atoms with van der Waals surface area (Å²) in [6.07, 6.45) is 4.02. The summed E-state index contributed by atoms with van der Waals surface area (Å²) in [5.41, 5.74) is 0.0383. The van der Waals surface area contributed by atoms with Crippen LogP contribution in [0.3, 0.4) is 0 Å². The molecule has 3 rings (SSSR count). The smallest absolute Gasteiger partial charge is 0.257 e. The van der Waals surface area contributed by atoms with Gasteiger partial charge in [-0.05, 0) is 30.2 Å². The molecule has 8 heteroatoms. The highest BCUT2D eigenvalue weighted by Gasteiger charge is 2.25. The van der Waals surface area contributed by atoms with Crippen LogP contribution in [0.5, 0.6) is 5.75 Å². The molecule has 150 valence electrons. The lowest BCUT2D eigenvalue weighted by Crippen LogP contribution is -2.37. The normalized spacial score (nSPS) is 11.8. The maximum absolute atomic E-state index is 12.2. The molecule has 1 atom stereocenters. The fourth-order valence-corrected chi connectivity index (χ4v) is 3.02. The fourth-order valence-electron chi connectivity index (χ4n) is 3.02. The first-order chi connectivity index (χ1) is 13.8. The van der Waals surface area contributed by atoms with E-state index in [1.54, 1.807) is 38.6 Å². The van der Waals surface area contributed by atoms with Crippen molar-refractivity contribution in [1.82, 2.24) is 9.88 Å². The van der Waals surface area contributed by atoms with E-state index in [0.29, 0.717) is 6.42 Å². The third-order valence-corrected chi connectivity index (χ3v) is 4.66. The van der Waals surface area contributed by atoms with Gasteiger partial charge in [0.2, 0.25) is 0 Å². The zero-order valence-electron chi connectivity index (χ0n) is 16.4. The van der Waals surface area contributed by atoms with Crippen LogP contribution in [0.25, 0.3) is 0 Å². The average molecular weight is 394 g/mol. The van der Waals surface area contributed by atoms with E-state index in [0.717, 1.165) is 5.56 Å². The van der Waals surface area contributed by atoms with Crippen molar-refractivity contribution >= 4 is 23.0 Å². The SMILES string of the molecule is CC[C@@H](Nc1c(Nc2cccc(C(=O)N(C)C)c2O)c(=O)c1=O)c1cccnc1. The van der Waals surface area contributed by atoms with Gasteiger partial charge < -0.3 is 20.6 Å². The van der Waals surface area contributed by atoms with E-state index >= 15 is 0 Å². The van der Waals surface area contributed by atoms with Crippen molar-refractivity contribution in [2.45, 2.75) is 19.4 Å². The summed E-state index contributed by atoms with van der Waals surface area (Å²) in [7, 11) is 3.15. The number of nitrogens with one attached hydrogen (secondary N) is 2. The Labute approximate surface area is 167 Å². The number of para-hydroxylation sites is 1. The fraction of sp³-hybridized carbons (Fsp3) is 0.238. The number of hydrogen-bond acceptors (Lipinski definition) is 7. The van der Waals surface area contributed by atoms with Gasteiger partial charge in [0, 0.05) is 26.5 Å². The summed E-state index contributed by atoms with van der Waals surface area (Å²) in [6.45, 7) is 1.95. The van der Waals surface area contributed by atoms with Crippen molar-refractivity contribution in [2.24, 2.45) is 0 Å². The molecule has 1 aromatic heterocycles. The van der Waals surface area contributed by atoms with E-state index in [2.05, 4.69) is 15.6 Å². The Hall–Kier alpha value is -3.68. The maximum atomic E-state index is 12.2. The number of carbonyl (C=O) groups is 1. The van der Waals surface area contributed by atoms with Gasteiger partial charge in [-0.1, -0.05) is 19.1 Å². The molecule has 0 fully saturated rings. The molecule has 0 aliphatic rings. The lowest BCUT2D eigenvalue weighted by Gasteiger charge is -2.22. The molecular formula is C21H22N4O4. The van der Waals surface area contributed by atoms with Crippen LogP contribution in [0, 0.1) is 0 Å². The summed E-state index contributed by atoms with van der Waals surface area (Å²) < 4.78 is 0. The standard InChI is InChI=1S/C21H22N4O4/c1-4-14(12-7-6-10-22-11-12)23-16-17(20(28)19(16)27)24-15-9-5-8-13(18(15)26)21(29)25(2)3/h5-11,14,23-24,26H,4H2,1-3H3/t14-/m1/s1. The summed E-state index contributed by atoms with van der Waals surface area (Å²) >= 11 is 0. The van der Waals surface area contributed by atoms with Crippen molar-refractivity contribution in [1.29, 1.82) is 0 Å². The number of benzene rings is 1. The number of phenols is 1. The summed E-state index contributed by atoms with van der Waals surface area (Å²) in [6, 6.07) is 8.08. The maximum Gasteiger partial charge on any atom is 0.257 e. The number of carbonyl (C=O) groups excluding carboxylic acids is 1. The monoisotopic (exact) mass is 394 g/mol. The first kappa shape index (κ1) is 20.1. The lowest BCUT2D eigenvalue weighted by atomic mass is 10.0. The second kappa shape index (κ2) is 8.14. The number of pyridine rings is 1. The number of nitrogens with zero attached hydrogens (tertiary/aromatic N) is 2. The Morgan fingerprint density at radius 2 is 1.86 bits per heavy atom. The lowest BCUT2D eigenvalue weighted by molar-refractivity contribution is 0.0824. The number of amides is 1. The molecule has 0 saturated heterocycles. The van der Waals surface area contributed by atoms with Gasteiger partial charge in [0.1, 0.15) is 11.4 Å². The second-order valence-corrected chi connectivity index (χ2v) is 6.83. The Morgan fingerprint density at radius 1 is 1.14 bits per heavy atom. The first-order valence-corrected chi connectivity index (χ1v) is 9.15. The van der Waals surface area contributed by atoms with Gasteiger partial charge in [0.05, 0.1) is 17.3 Å². The molecule has 3 aromatic rings. The van der Waals surface area contributed by atoms with Crippen LogP contribution in [0.1, 0.15) is 35.3 Å². The molecule has 3 N–H and O–H groups in total. The number of anilines is 3. The van der Waals surface area contributed by atoms with Gasteiger partial charge in [0.15, 0.2) is 5.75 Å². The zero-order chi connectivity index (χ0) is 21.1. The van der Waals surface area contributed by atoms with Crippen molar-refractivity contribution in [2.75, 3.05) is 24.7 Å². The van der Waals surface area contributed by atoms with E-state index in [9.17, 15) is 19.5 Å². The highest BCUT2D eigenvalue weighted by Crippen LogP contribution is 2.33. The van der Waals surface area contributed by atoms with Gasteiger partial charge >= 0.3 is 0 Å². The van der Waals surface area contributed by atoms with Gasteiger partial charge in [-0.2, -0.15) is 0 Å². The van der Waals surface area contributed by atoms with Crippen LogP contribution in [0.4, 0.5) is 17.1 Å². The van der Waals surface area contributed by atoms with Crippen LogP contribution in [0.15, 0.2) is 52.3 Å². The molecule has 0 aliphatic heterocycles. The zero-order valence-corrected chi connectivity index (χ0v) is 16.4. The molecule has 1 amide bonds. The summed E-state index contributed by atoms with van der Waals surface area (Å²) in [5.74, 6) is -0.665. The molecule has 0 aliphatic carbocycles. The van der Waals surface area contributed by atoms with Gasteiger partial charge in [0.25, 0.3) is 16.8 Å². The number of aromatic nitrogens is 1. The first-order valence-electron chi connectivity index (χ1n) is 9.15. The Bertz CT molecular complexity index is 1100. The Morgan fingerprint density at radius 3 is 2.48 bits per heavy atom. The van der Waals surface area contributed by atoms with Crippen LogP contribution < -0.4 is 21.5 Å². The topological polar surface area (TPSA) is 112 Å². The predicted octanol–water partition coefficient (Wildman–Crippen LogP) is 2.39. The highest BCUT2D eigenvalue weighted by atomic mass is 16.3. The number of aromatic hydroxyl groups is 1. The van der Waals surface area contributed by atoms with Crippen molar-refractivity contribution in [3.05, 3.63) is 74.3 Å². The molecule has 0 radical (unpaired) electrons. The third kappa shape index (κ3) is 3.82. The minimum atomic E-state index is -0.683. The average Bonchev–Trinajstić information content (AvgIpc) is 2.74. The molecule has 0 spiro atoms. The van der Waals surface area contributed by atoms with Crippen LogP contribution in [0.2, 0.25) is 0 Å². The summed E-state index contributed by atoms with van der Waals surface area (Å²) in [5, 5.41) is 16.4. The number of hydrogen-bond donors (Lipinski definition) is 3. The highest BCUT2D eigenvalue weighted by molar-refractivity contribution is 5.99. The Kier molecular flexibility index (Phi) is 5.63. The van der Waals surface area contributed by atoms with E-state index in [1.807, 2.05) is 13.0 Å². The molecule has 0 bridgehead atoms. The molecular weight excluding hydrogens is 372 g/mol. The van der Waals surface area contributed by atoms with Crippen molar-refractivity contribution in [3.63, 3.8) is 0 Å². The second-order valence-electron chi connectivity index (χ2n) is 6.83. The predicted molar refractivity (Wildman–Crippen MR) is 112 cm³/mol. The molecule has 0 saturated carbocycles.